The van der Waals surface area contributed by atoms with Crippen LogP contribution in [0.2, 0.25) is 0 Å². The summed E-state index contributed by atoms with van der Waals surface area (Å²) in [6, 6.07) is -26.2. The maximum absolute atomic E-state index is 14.7. The van der Waals surface area contributed by atoms with Crippen molar-refractivity contribution < 1.29 is 142 Å². The lowest BCUT2D eigenvalue weighted by Crippen LogP contribution is -2.63. The van der Waals surface area contributed by atoms with Crippen molar-refractivity contribution in [3.05, 3.63) is 0 Å². The third kappa shape index (κ3) is 38.4. The van der Waals surface area contributed by atoms with Crippen molar-refractivity contribution in [2.24, 2.45) is 29.2 Å². The van der Waals surface area contributed by atoms with E-state index in [0.29, 0.717) is 12.8 Å². The summed E-state index contributed by atoms with van der Waals surface area (Å²) in [6.07, 6.45) is -9.87. The minimum absolute atomic E-state index is 0.00844. The standard InChI is InChI=1S/C74H124N18O29S/c1-13-34(6)55(89-69(115)54(33(4)5)88-66(112)45(22-26-53(103)104)84-72(118)58(40(12)95)91-67(113)46(29-32(2)3)85-60(106)36(8)77-62(108)41(17-14-15-27-75)82-70(116)56(38(10)93)87-49(96)30-76)73(119)92-28-16-18-48(92)68(114)79-37(9)61(107)90-57(39(11)94)71(117)83-44(21-25-52(101)102)64(110)81-42(19-23-50(97)98)63(109)78-35(7)59(105)80-43(20-24-51(99)100)65(111)86-47(31-122)74(120)121/h32-48,54-58,93-95,122H,13-31,75-76H2,1-12H3,(H,77,108)(H,78,109)(H,79,114)(H,80,105)(H,81,110)(H,82,116)(H,83,117)(H,84,118)(H,85,106)(H,86,111)(H,87,96)(H,88,112)(H,89,115)(H,90,107)(H,91,113)(H,97,98)(H,99,100)(H,101,102)(H,103,104)(H,120,121)/t34-,35-,36-,37-,38+,39+,40+,41-,42-,43-,44-,45-,46-,47-,48-,54-,55-,56-,57-,58-/m0/s1. The first-order valence-electron chi connectivity index (χ1n) is 39.9. The average molecular weight is 1760 g/mol. The average Bonchev–Trinajstić information content (AvgIpc) is 1.67. The second-order valence-electron chi connectivity index (χ2n) is 30.5. The number of likely N-dealkylation sites (tertiary alicyclic amines) is 1. The number of hydrogen-bond acceptors (Lipinski definition) is 27. The molecule has 1 rings (SSSR count). The summed E-state index contributed by atoms with van der Waals surface area (Å²) >= 11 is 3.85. The number of aliphatic hydroxyl groups excluding tert-OH is 3. The zero-order chi connectivity index (χ0) is 93.4. The lowest BCUT2D eigenvalue weighted by molar-refractivity contribution is -0.144. The van der Waals surface area contributed by atoms with E-state index in [-0.39, 0.29) is 51.1 Å². The number of carboxylic acids is 5. The van der Waals surface area contributed by atoms with Gasteiger partial charge in [-0.2, -0.15) is 12.6 Å². The Labute approximate surface area is 709 Å². The van der Waals surface area contributed by atoms with E-state index in [2.05, 4.69) is 92.4 Å². The van der Waals surface area contributed by atoms with E-state index in [1.165, 1.54) is 27.7 Å². The molecule has 48 heteroatoms. The second kappa shape index (κ2) is 54.4. The van der Waals surface area contributed by atoms with Gasteiger partial charge in [-0.05, 0) is 130 Å². The fourth-order valence-corrected chi connectivity index (χ4v) is 12.3. The maximum atomic E-state index is 14.7. The first kappa shape index (κ1) is 109. The molecule has 0 aromatic carbocycles. The fourth-order valence-electron chi connectivity index (χ4n) is 12.0. The van der Waals surface area contributed by atoms with Crippen LogP contribution in [0.3, 0.4) is 0 Å². The Kier molecular flexibility index (Phi) is 48.6. The van der Waals surface area contributed by atoms with Gasteiger partial charge in [0.25, 0.3) is 0 Å². The number of thiol groups is 1. The van der Waals surface area contributed by atoms with Gasteiger partial charge in [-0.1, -0.05) is 48.0 Å². The number of aliphatic hydroxyl groups is 3. The molecule has 0 aromatic heterocycles. The van der Waals surface area contributed by atoms with E-state index in [9.17, 15) is 142 Å². The molecular formula is C74H124N18O29S. The largest absolute Gasteiger partial charge is 0.481 e. The molecule has 0 unspecified atom stereocenters. The van der Waals surface area contributed by atoms with Crippen molar-refractivity contribution in [1.82, 2.24) is 84.7 Å². The van der Waals surface area contributed by atoms with Gasteiger partial charge in [0, 0.05) is 38.0 Å². The van der Waals surface area contributed by atoms with Gasteiger partial charge in [0.15, 0.2) is 0 Å². The second-order valence-corrected chi connectivity index (χ2v) is 30.9. The van der Waals surface area contributed by atoms with Crippen molar-refractivity contribution in [3.63, 3.8) is 0 Å². The molecule has 0 aliphatic carbocycles. The Hall–Kier alpha value is -11.0. The minimum atomic E-state index is -2.01. The molecule has 0 bridgehead atoms. The monoisotopic (exact) mass is 1760 g/mol. The first-order chi connectivity index (χ1) is 56.9. The molecule has 47 nitrogen and oxygen atoms in total. The van der Waals surface area contributed by atoms with E-state index in [1.807, 2.05) is 0 Å². The predicted octanol–water partition coefficient (Wildman–Crippen LogP) is -8.24. The molecule has 16 amide bonds. The SMILES string of the molecule is CC[C@H](C)[C@H](NC(=O)[C@@H](NC(=O)[C@H](CCC(=O)O)NC(=O)[C@@H](NC(=O)[C@H](CC(C)C)NC(=O)[C@H](C)NC(=O)[C@H](CCCCN)NC(=O)[C@@H](NC(=O)CN)[C@@H](C)O)[C@@H](C)O)C(C)C)C(=O)N1CCC[C@H]1C(=O)N[C@@H](C)C(=O)N[C@H](C(=O)N[C@@H](CCC(=O)O)C(=O)N[C@@H](CCC(=O)O)C(=O)N[C@@H](C)C(=O)N[C@@H](CCC(=O)O)C(=O)N[C@@H](CS)C(=O)O)[C@@H](C)O. The molecule has 0 radical (unpaired) electrons. The van der Waals surface area contributed by atoms with Crippen LogP contribution in [0.5, 0.6) is 0 Å². The van der Waals surface area contributed by atoms with Gasteiger partial charge in [0.1, 0.15) is 96.7 Å². The molecule has 0 saturated carbocycles. The van der Waals surface area contributed by atoms with Gasteiger partial charge >= 0.3 is 29.8 Å². The number of carbonyl (C=O) groups is 21. The quantitative estimate of drug-likeness (QED) is 0.0199. The van der Waals surface area contributed by atoms with Crippen LogP contribution in [0.25, 0.3) is 0 Å². The van der Waals surface area contributed by atoms with Gasteiger partial charge in [-0.15, -0.1) is 0 Å². The molecule has 1 aliphatic heterocycles. The van der Waals surface area contributed by atoms with Crippen LogP contribution < -0.4 is 91.2 Å². The maximum Gasteiger partial charge on any atom is 0.327 e. The summed E-state index contributed by atoms with van der Waals surface area (Å²) in [7, 11) is 0. The Morgan fingerprint density at radius 1 is 0.377 bits per heavy atom. The van der Waals surface area contributed by atoms with Crippen LogP contribution in [-0.2, 0) is 101 Å². The van der Waals surface area contributed by atoms with Gasteiger partial charge < -0.3 is 137 Å². The van der Waals surface area contributed by atoms with Crippen molar-refractivity contribution in [3.8, 4) is 0 Å². The van der Waals surface area contributed by atoms with E-state index >= 15 is 0 Å². The van der Waals surface area contributed by atoms with Crippen molar-refractivity contribution in [1.29, 1.82) is 0 Å². The number of nitrogens with zero attached hydrogens (tertiary/aromatic N) is 1. The topological polar surface area (TPSA) is 756 Å². The highest BCUT2D eigenvalue weighted by Crippen LogP contribution is 2.23. The van der Waals surface area contributed by atoms with Crippen molar-refractivity contribution in [2.75, 3.05) is 25.4 Å². The number of carboxylic acid groups (broad SMARTS) is 5. The van der Waals surface area contributed by atoms with Crippen LogP contribution in [0.15, 0.2) is 0 Å². The van der Waals surface area contributed by atoms with E-state index in [4.69, 9.17) is 11.5 Å². The minimum Gasteiger partial charge on any atom is -0.481 e. The van der Waals surface area contributed by atoms with Gasteiger partial charge in [0.05, 0.1) is 24.9 Å². The summed E-state index contributed by atoms with van der Waals surface area (Å²) in [5.74, 6) is -26.9. The third-order valence-electron chi connectivity index (χ3n) is 19.3. The van der Waals surface area contributed by atoms with Crippen molar-refractivity contribution in [2.45, 2.75) is 294 Å². The highest BCUT2D eigenvalue weighted by molar-refractivity contribution is 7.80. The van der Waals surface area contributed by atoms with Crippen LogP contribution in [0.4, 0.5) is 0 Å². The Morgan fingerprint density at radius 3 is 1.07 bits per heavy atom. The third-order valence-corrected chi connectivity index (χ3v) is 19.7. The number of nitrogens with two attached hydrogens (primary N) is 2. The summed E-state index contributed by atoms with van der Waals surface area (Å²) in [5.41, 5.74) is 11.0. The number of amides is 16. The van der Waals surface area contributed by atoms with Gasteiger partial charge in [-0.3, -0.25) is 95.9 Å². The number of unbranched alkanes of at least 4 members (excludes halogenated alkanes) is 1. The highest BCUT2D eigenvalue weighted by Gasteiger charge is 2.44. The normalized spacial score (nSPS) is 17.1. The van der Waals surface area contributed by atoms with Gasteiger partial charge in [0.2, 0.25) is 94.5 Å². The Balaban J connectivity index is 3.47. The number of hydrogen-bond donors (Lipinski definition) is 26. The van der Waals surface area contributed by atoms with E-state index in [0.717, 1.165) is 32.6 Å². The fraction of sp³-hybridized carbons (Fsp3) is 0.716. The van der Waals surface area contributed by atoms with Gasteiger partial charge in [-0.25, -0.2) is 4.79 Å². The van der Waals surface area contributed by atoms with Crippen molar-refractivity contribution >= 4 is 137 Å². The molecule has 27 N–H and O–H groups in total. The smallest absolute Gasteiger partial charge is 0.327 e. The summed E-state index contributed by atoms with van der Waals surface area (Å²) in [6.45, 7) is 16.0. The van der Waals surface area contributed by atoms with E-state index in [1.54, 1.807) is 27.7 Å². The first-order valence-corrected chi connectivity index (χ1v) is 40.5. The predicted molar refractivity (Wildman–Crippen MR) is 430 cm³/mol. The lowest BCUT2D eigenvalue weighted by Gasteiger charge is -2.33. The number of aliphatic carboxylic acids is 5. The molecule has 0 spiro atoms. The Bertz CT molecular complexity index is 3670. The molecule has 1 heterocycles. The molecule has 1 aliphatic rings. The van der Waals surface area contributed by atoms with Crippen LogP contribution >= 0.6 is 12.6 Å². The molecule has 1 fully saturated rings. The molecule has 0 aromatic rings. The zero-order valence-electron chi connectivity index (χ0n) is 70.3. The Morgan fingerprint density at radius 2 is 0.697 bits per heavy atom. The summed E-state index contributed by atoms with van der Waals surface area (Å²) in [4.78, 5) is 280. The lowest BCUT2D eigenvalue weighted by atomic mass is 9.95. The highest BCUT2D eigenvalue weighted by atomic mass is 32.1. The molecule has 20 atom stereocenters. The van der Waals surface area contributed by atoms with Crippen LogP contribution in [0.1, 0.15) is 179 Å². The molecule has 690 valence electrons. The number of rotatable bonds is 57. The molecule has 1 saturated heterocycles. The molecular weight excluding hydrogens is 1640 g/mol. The molecule has 122 heavy (non-hydrogen) atoms. The van der Waals surface area contributed by atoms with E-state index < -0.39 is 315 Å². The van der Waals surface area contributed by atoms with Crippen LogP contribution in [0, 0.1) is 17.8 Å². The zero-order valence-corrected chi connectivity index (χ0v) is 71.2. The summed E-state index contributed by atoms with van der Waals surface area (Å²) < 4.78 is 0. The number of nitrogens with one attached hydrogen (secondary N) is 15. The number of carbonyl (C=O) groups excluding carboxylic acids is 16. The van der Waals surface area contributed by atoms with Crippen LogP contribution in [-0.4, -0.2) is 310 Å². The summed E-state index contributed by atoms with van der Waals surface area (Å²) in [5, 5.41) is 114.